The van der Waals surface area contributed by atoms with E-state index >= 15 is 0 Å². The molecular formula is C15H18F6N2O2. The lowest BCUT2D eigenvalue weighted by atomic mass is 10.1. The number of nitrogens with zero attached hydrogens (tertiary/aromatic N) is 2. The van der Waals surface area contributed by atoms with Crippen LogP contribution in [0.5, 0.6) is 0 Å². The van der Waals surface area contributed by atoms with E-state index in [1.54, 1.807) is 6.07 Å². The summed E-state index contributed by atoms with van der Waals surface area (Å²) in [5, 5.41) is 7.12. The fourth-order valence-electron chi connectivity index (χ4n) is 2.38. The number of likely N-dealkylation sites (N-methyl/N-ethyl adjacent to an activating group) is 1. The molecule has 1 saturated heterocycles. The average molecular weight is 372 g/mol. The number of hydrogen-bond donors (Lipinski definition) is 1. The highest BCUT2D eigenvalue weighted by Gasteiger charge is 2.38. The summed E-state index contributed by atoms with van der Waals surface area (Å²) in [5.74, 6) is -2.76. The van der Waals surface area contributed by atoms with Crippen molar-refractivity contribution in [3.63, 3.8) is 0 Å². The number of carbonyl (C=O) groups is 1. The van der Waals surface area contributed by atoms with E-state index in [0.717, 1.165) is 25.7 Å². The Kier molecular flexibility index (Phi) is 6.69. The van der Waals surface area contributed by atoms with Gasteiger partial charge in [-0.05, 0) is 32.2 Å². The second-order valence-electron chi connectivity index (χ2n) is 5.66. The van der Waals surface area contributed by atoms with Crippen LogP contribution in [0, 0.1) is 0 Å². The Labute approximate surface area is 140 Å². The highest BCUT2D eigenvalue weighted by Crippen LogP contribution is 2.32. The van der Waals surface area contributed by atoms with Crippen LogP contribution in [-0.2, 0) is 11.0 Å². The van der Waals surface area contributed by atoms with E-state index in [1.807, 2.05) is 18.9 Å². The van der Waals surface area contributed by atoms with Crippen LogP contribution >= 0.6 is 0 Å². The summed E-state index contributed by atoms with van der Waals surface area (Å²) in [6.45, 7) is 4.55. The van der Waals surface area contributed by atoms with Crippen molar-refractivity contribution < 1.29 is 36.2 Å². The van der Waals surface area contributed by atoms with E-state index in [9.17, 15) is 26.3 Å². The quantitative estimate of drug-likeness (QED) is 0.767. The third-order valence-electron chi connectivity index (χ3n) is 3.58. The maximum atomic E-state index is 12.7. The Morgan fingerprint density at radius 1 is 1.16 bits per heavy atom. The van der Waals surface area contributed by atoms with Gasteiger partial charge in [-0.1, -0.05) is 6.07 Å². The number of anilines is 1. The van der Waals surface area contributed by atoms with Gasteiger partial charge < -0.3 is 14.9 Å². The average Bonchev–Trinajstić information content (AvgIpc) is 2.46. The number of piperazine rings is 1. The van der Waals surface area contributed by atoms with Crippen molar-refractivity contribution in [2.45, 2.75) is 25.3 Å². The lowest BCUT2D eigenvalue weighted by Crippen LogP contribution is -2.50. The summed E-state index contributed by atoms with van der Waals surface area (Å²) >= 11 is 0. The number of carboxylic acid groups (broad SMARTS) is 1. The van der Waals surface area contributed by atoms with Gasteiger partial charge >= 0.3 is 18.3 Å². The van der Waals surface area contributed by atoms with Gasteiger partial charge in [0.1, 0.15) is 0 Å². The van der Waals surface area contributed by atoms with Gasteiger partial charge in [-0.25, -0.2) is 4.79 Å². The highest BCUT2D eigenvalue weighted by atomic mass is 19.4. The summed E-state index contributed by atoms with van der Waals surface area (Å²) in [6.07, 6.45) is -9.36. The fourth-order valence-corrected chi connectivity index (χ4v) is 2.38. The van der Waals surface area contributed by atoms with E-state index < -0.39 is 23.9 Å². The van der Waals surface area contributed by atoms with Crippen molar-refractivity contribution in [2.75, 3.05) is 31.6 Å². The molecule has 1 aliphatic rings. The van der Waals surface area contributed by atoms with Gasteiger partial charge in [-0.15, -0.1) is 0 Å². The van der Waals surface area contributed by atoms with Crippen molar-refractivity contribution in [2.24, 2.45) is 0 Å². The predicted octanol–water partition coefficient (Wildman–Crippen LogP) is 3.48. The molecule has 0 bridgehead atoms. The smallest absolute Gasteiger partial charge is 0.475 e. The molecule has 0 aliphatic carbocycles. The molecule has 142 valence electrons. The zero-order valence-corrected chi connectivity index (χ0v) is 13.5. The van der Waals surface area contributed by atoms with Gasteiger partial charge in [0.25, 0.3) is 0 Å². The maximum Gasteiger partial charge on any atom is 0.490 e. The van der Waals surface area contributed by atoms with Gasteiger partial charge in [0, 0.05) is 31.4 Å². The van der Waals surface area contributed by atoms with Crippen LogP contribution in [0.4, 0.5) is 32.0 Å². The maximum absolute atomic E-state index is 12.7. The van der Waals surface area contributed by atoms with Crippen LogP contribution in [0.25, 0.3) is 0 Å². The number of hydrogen-bond acceptors (Lipinski definition) is 3. The van der Waals surface area contributed by atoms with Gasteiger partial charge in [0.15, 0.2) is 0 Å². The Morgan fingerprint density at radius 3 is 2.16 bits per heavy atom. The molecule has 1 atom stereocenters. The first-order valence-corrected chi connectivity index (χ1v) is 7.25. The summed E-state index contributed by atoms with van der Waals surface area (Å²) in [5.41, 5.74) is 0.0801. The number of benzene rings is 1. The SMILES string of the molecule is C[C@@H]1CN(C)CCN1c1cccc(C(F)(F)F)c1.O=C(O)C(F)(F)F. The molecule has 1 fully saturated rings. The minimum absolute atomic E-state index is 0.229. The number of alkyl halides is 6. The van der Waals surface area contributed by atoms with Crippen LogP contribution in [0.15, 0.2) is 24.3 Å². The number of carboxylic acids is 1. The van der Waals surface area contributed by atoms with Crippen LogP contribution in [-0.4, -0.2) is 54.9 Å². The standard InChI is InChI=1S/C13H17F3N2.C2HF3O2/c1-10-9-17(2)6-7-18(10)12-5-3-4-11(8-12)13(14,15)16;3-2(4,5)1(6)7/h3-5,8,10H,6-7,9H2,1-2H3;(H,6,7)/t10-;/m1./s1. The fraction of sp³-hybridized carbons (Fsp3) is 0.533. The third kappa shape index (κ3) is 6.45. The Bertz CT molecular complexity index is 588. The van der Waals surface area contributed by atoms with Crippen molar-refractivity contribution in [1.82, 2.24) is 4.90 Å². The lowest BCUT2D eigenvalue weighted by Gasteiger charge is -2.40. The molecule has 0 amide bonds. The van der Waals surface area contributed by atoms with Crippen molar-refractivity contribution in [1.29, 1.82) is 0 Å². The Hall–Kier alpha value is -1.97. The summed E-state index contributed by atoms with van der Waals surface area (Å²) in [7, 11) is 2.03. The van der Waals surface area contributed by atoms with Gasteiger partial charge in [0.2, 0.25) is 0 Å². The third-order valence-corrected chi connectivity index (χ3v) is 3.58. The molecule has 1 aromatic carbocycles. The molecular weight excluding hydrogens is 354 g/mol. The molecule has 0 radical (unpaired) electrons. The molecule has 2 rings (SSSR count). The second kappa shape index (κ2) is 7.94. The van der Waals surface area contributed by atoms with Crippen LogP contribution in [0.1, 0.15) is 12.5 Å². The molecule has 1 heterocycles. The van der Waals surface area contributed by atoms with E-state index in [2.05, 4.69) is 4.90 Å². The van der Waals surface area contributed by atoms with Crippen molar-refractivity contribution >= 4 is 11.7 Å². The molecule has 10 heteroatoms. The topological polar surface area (TPSA) is 43.8 Å². The number of aliphatic carboxylic acids is 1. The molecule has 0 aromatic heterocycles. The van der Waals surface area contributed by atoms with E-state index in [0.29, 0.717) is 5.69 Å². The van der Waals surface area contributed by atoms with Gasteiger partial charge in [-0.3, -0.25) is 0 Å². The zero-order chi connectivity index (χ0) is 19.4. The van der Waals surface area contributed by atoms with Gasteiger partial charge in [0.05, 0.1) is 5.56 Å². The van der Waals surface area contributed by atoms with Gasteiger partial charge in [-0.2, -0.15) is 26.3 Å². The Morgan fingerprint density at radius 2 is 1.72 bits per heavy atom. The summed E-state index contributed by atoms with van der Waals surface area (Å²) in [6, 6.07) is 5.80. The molecule has 4 nitrogen and oxygen atoms in total. The zero-order valence-electron chi connectivity index (χ0n) is 13.5. The largest absolute Gasteiger partial charge is 0.490 e. The normalized spacial score (nSPS) is 19.2. The van der Waals surface area contributed by atoms with E-state index in [4.69, 9.17) is 9.90 Å². The second-order valence-corrected chi connectivity index (χ2v) is 5.66. The first kappa shape index (κ1) is 21.1. The first-order chi connectivity index (χ1) is 11.3. The predicted molar refractivity (Wildman–Crippen MR) is 79.4 cm³/mol. The van der Waals surface area contributed by atoms with Crippen molar-refractivity contribution in [3.8, 4) is 0 Å². The van der Waals surface area contributed by atoms with Crippen LogP contribution in [0.2, 0.25) is 0 Å². The van der Waals surface area contributed by atoms with Crippen molar-refractivity contribution in [3.05, 3.63) is 29.8 Å². The molecule has 0 saturated carbocycles. The number of rotatable bonds is 1. The van der Waals surface area contributed by atoms with Crippen LogP contribution in [0.3, 0.4) is 0 Å². The first-order valence-electron chi connectivity index (χ1n) is 7.25. The summed E-state index contributed by atoms with van der Waals surface area (Å²) in [4.78, 5) is 13.1. The van der Waals surface area contributed by atoms with E-state index in [1.165, 1.54) is 12.1 Å². The minimum atomic E-state index is -5.08. The molecule has 1 aliphatic heterocycles. The minimum Gasteiger partial charge on any atom is -0.475 e. The monoisotopic (exact) mass is 372 g/mol. The lowest BCUT2D eigenvalue weighted by molar-refractivity contribution is -0.192. The Balaban J connectivity index is 0.000000381. The molecule has 0 spiro atoms. The molecule has 1 N–H and O–H groups in total. The number of halogens is 6. The highest BCUT2D eigenvalue weighted by molar-refractivity contribution is 5.73. The molecule has 25 heavy (non-hydrogen) atoms. The summed E-state index contributed by atoms with van der Waals surface area (Å²) < 4.78 is 69.7. The molecule has 1 aromatic rings. The molecule has 0 unspecified atom stereocenters. The van der Waals surface area contributed by atoms with E-state index in [-0.39, 0.29) is 6.04 Å². The van der Waals surface area contributed by atoms with Crippen LogP contribution < -0.4 is 4.90 Å².